The maximum absolute atomic E-state index is 11.2. The molecule has 0 N–H and O–H groups in total. The van der Waals surface area contributed by atoms with Crippen molar-refractivity contribution < 1.29 is 9.53 Å². The van der Waals surface area contributed by atoms with Gasteiger partial charge in [0.2, 0.25) is 0 Å². The van der Waals surface area contributed by atoms with Crippen LogP contribution in [-0.4, -0.2) is 28.7 Å². The first kappa shape index (κ1) is 12.9. The number of carbonyl (C=O) groups is 1. The number of carbonyl (C=O) groups excluding carboxylic acids is 1. The smallest absolute Gasteiger partial charge is 0.156 e. The van der Waals surface area contributed by atoms with E-state index in [1.54, 1.807) is 0 Å². The predicted octanol–water partition coefficient (Wildman–Crippen LogP) is 1.39. The Morgan fingerprint density at radius 1 is 1.44 bits per heavy atom. The van der Waals surface area contributed by atoms with Crippen molar-refractivity contribution in [1.29, 1.82) is 0 Å². The van der Waals surface area contributed by atoms with E-state index in [9.17, 15) is 4.79 Å². The Labute approximate surface area is 99.7 Å². The van der Waals surface area contributed by atoms with Crippen molar-refractivity contribution in [2.45, 2.75) is 19.4 Å². The highest BCUT2D eigenvalue weighted by Crippen LogP contribution is 2.28. The number of hydrogen-bond donors (Lipinski definition) is 0. The normalized spacial score (nSPS) is 15.8. The SMILES string of the molecule is CCOC(C)(C=O)C(=C[SiH3])c1ccccc1. The van der Waals surface area contributed by atoms with Gasteiger partial charge in [-0.25, -0.2) is 0 Å². The molecule has 1 aromatic rings. The molecule has 0 heterocycles. The first-order valence-electron chi connectivity index (χ1n) is 5.50. The molecule has 0 aromatic heterocycles. The van der Waals surface area contributed by atoms with Crippen LogP contribution in [-0.2, 0) is 9.53 Å². The highest BCUT2D eigenvalue weighted by atomic mass is 28.1. The Morgan fingerprint density at radius 3 is 2.50 bits per heavy atom. The lowest BCUT2D eigenvalue weighted by molar-refractivity contribution is -0.122. The van der Waals surface area contributed by atoms with E-state index in [4.69, 9.17) is 4.74 Å². The summed E-state index contributed by atoms with van der Waals surface area (Å²) in [6.45, 7) is 4.25. The van der Waals surface area contributed by atoms with Crippen molar-refractivity contribution in [2.75, 3.05) is 6.61 Å². The molecule has 0 fully saturated rings. The topological polar surface area (TPSA) is 26.3 Å². The van der Waals surface area contributed by atoms with Crippen LogP contribution in [0.25, 0.3) is 5.57 Å². The lowest BCUT2D eigenvalue weighted by Crippen LogP contribution is -2.32. The minimum atomic E-state index is -0.822. The lowest BCUT2D eigenvalue weighted by Gasteiger charge is -2.26. The van der Waals surface area contributed by atoms with Gasteiger partial charge in [-0.15, -0.1) is 0 Å². The molecule has 86 valence electrons. The predicted molar refractivity (Wildman–Crippen MR) is 70.5 cm³/mol. The van der Waals surface area contributed by atoms with E-state index in [1.165, 1.54) is 0 Å². The van der Waals surface area contributed by atoms with E-state index in [-0.39, 0.29) is 0 Å². The molecule has 0 saturated heterocycles. The number of benzene rings is 1. The quantitative estimate of drug-likeness (QED) is 0.568. The van der Waals surface area contributed by atoms with Crippen LogP contribution in [0, 0.1) is 0 Å². The van der Waals surface area contributed by atoms with E-state index < -0.39 is 5.60 Å². The van der Waals surface area contributed by atoms with Gasteiger partial charge in [0.05, 0.1) is 0 Å². The standard InChI is InChI=1S/C13H18O2Si/c1-3-15-13(2,10-14)12(9-16)11-7-5-4-6-8-11/h4-10H,3H2,1-2,16H3. The van der Waals surface area contributed by atoms with Crippen molar-refractivity contribution in [2.24, 2.45) is 0 Å². The maximum Gasteiger partial charge on any atom is 0.156 e. The first-order valence-corrected chi connectivity index (χ1v) is 6.66. The van der Waals surface area contributed by atoms with Gasteiger partial charge in [-0.1, -0.05) is 36.0 Å². The van der Waals surface area contributed by atoms with E-state index in [2.05, 4.69) is 5.70 Å². The molecule has 0 amide bonds. The van der Waals surface area contributed by atoms with Gasteiger partial charge in [0.25, 0.3) is 0 Å². The minimum Gasteiger partial charge on any atom is -0.363 e. The molecule has 3 heteroatoms. The molecule has 0 saturated carbocycles. The van der Waals surface area contributed by atoms with Crippen LogP contribution in [0.2, 0.25) is 0 Å². The van der Waals surface area contributed by atoms with Gasteiger partial charge in [0, 0.05) is 16.8 Å². The summed E-state index contributed by atoms with van der Waals surface area (Å²) in [6.07, 6.45) is 0.882. The van der Waals surface area contributed by atoms with Gasteiger partial charge in [0.15, 0.2) is 6.29 Å². The summed E-state index contributed by atoms with van der Waals surface area (Å²) in [5.74, 6) is 0. The summed E-state index contributed by atoms with van der Waals surface area (Å²) >= 11 is 0. The summed E-state index contributed by atoms with van der Waals surface area (Å²) in [5.41, 5.74) is 3.27. The van der Waals surface area contributed by atoms with Crippen LogP contribution >= 0.6 is 0 Å². The summed E-state index contributed by atoms with van der Waals surface area (Å²) in [7, 11) is 0.899. The molecule has 1 rings (SSSR count). The van der Waals surface area contributed by atoms with Crippen LogP contribution in [0.1, 0.15) is 19.4 Å². The second-order valence-corrected chi connectivity index (χ2v) is 4.30. The van der Waals surface area contributed by atoms with Crippen molar-refractivity contribution in [3.05, 3.63) is 41.6 Å². The Hall–Kier alpha value is -1.19. The monoisotopic (exact) mass is 234 g/mol. The van der Waals surface area contributed by atoms with Gasteiger partial charge in [-0.05, 0) is 25.0 Å². The molecule has 0 aliphatic heterocycles. The van der Waals surface area contributed by atoms with Crippen LogP contribution in [0.5, 0.6) is 0 Å². The second-order valence-electron chi connectivity index (χ2n) is 3.73. The van der Waals surface area contributed by atoms with Crippen LogP contribution < -0.4 is 0 Å². The van der Waals surface area contributed by atoms with E-state index in [0.29, 0.717) is 6.61 Å². The highest BCUT2D eigenvalue weighted by Gasteiger charge is 2.29. The molecule has 0 radical (unpaired) electrons. The number of aldehydes is 1. The molecule has 1 unspecified atom stereocenters. The first-order chi connectivity index (χ1) is 7.68. The number of hydrogen-bond acceptors (Lipinski definition) is 2. The zero-order valence-electron chi connectivity index (χ0n) is 10.1. The highest BCUT2D eigenvalue weighted by molar-refractivity contribution is 6.21. The second kappa shape index (κ2) is 5.77. The summed E-state index contributed by atoms with van der Waals surface area (Å²) in [5, 5.41) is 0. The van der Waals surface area contributed by atoms with Crippen LogP contribution in [0.15, 0.2) is 36.0 Å². The third kappa shape index (κ3) is 2.68. The molecule has 0 aliphatic rings. The Kier molecular flexibility index (Phi) is 4.64. The Bertz CT molecular complexity index is 373. The molecule has 1 aromatic carbocycles. The molecular formula is C13H18O2Si. The van der Waals surface area contributed by atoms with Gasteiger partial charge >= 0.3 is 0 Å². The van der Waals surface area contributed by atoms with E-state index >= 15 is 0 Å². The molecule has 16 heavy (non-hydrogen) atoms. The molecule has 0 bridgehead atoms. The molecule has 0 spiro atoms. The van der Waals surface area contributed by atoms with Crippen LogP contribution in [0.3, 0.4) is 0 Å². The molecular weight excluding hydrogens is 216 g/mol. The molecule has 2 nitrogen and oxygen atoms in total. The van der Waals surface area contributed by atoms with Crippen LogP contribution in [0.4, 0.5) is 0 Å². The summed E-state index contributed by atoms with van der Waals surface area (Å²) < 4.78 is 5.57. The largest absolute Gasteiger partial charge is 0.363 e. The fraction of sp³-hybridized carbons (Fsp3) is 0.308. The lowest BCUT2D eigenvalue weighted by atomic mass is 9.92. The minimum absolute atomic E-state index is 0.529. The zero-order valence-corrected chi connectivity index (χ0v) is 12.1. The fourth-order valence-corrected chi connectivity index (χ4v) is 2.74. The third-order valence-corrected chi connectivity index (χ3v) is 3.15. The van der Waals surface area contributed by atoms with E-state index in [0.717, 1.165) is 27.7 Å². The number of rotatable bonds is 5. The van der Waals surface area contributed by atoms with Gasteiger partial charge in [-0.3, -0.25) is 4.79 Å². The van der Waals surface area contributed by atoms with Crippen molar-refractivity contribution in [3.63, 3.8) is 0 Å². The summed E-state index contributed by atoms with van der Waals surface area (Å²) in [6, 6.07) is 9.91. The third-order valence-electron chi connectivity index (χ3n) is 2.58. The van der Waals surface area contributed by atoms with E-state index in [1.807, 2.05) is 44.2 Å². The fourth-order valence-electron chi connectivity index (χ4n) is 1.83. The summed E-state index contributed by atoms with van der Waals surface area (Å²) in [4.78, 5) is 11.2. The average Bonchev–Trinajstić information content (AvgIpc) is 2.31. The molecule has 1 atom stereocenters. The van der Waals surface area contributed by atoms with Gasteiger partial charge in [-0.2, -0.15) is 0 Å². The van der Waals surface area contributed by atoms with Gasteiger partial charge < -0.3 is 4.74 Å². The van der Waals surface area contributed by atoms with Crippen molar-refractivity contribution >= 4 is 22.1 Å². The Balaban J connectivity index is 3.12. The van der Waals surface area contributed by atoms with Gasteiger partial charge in [0.1, 0.15) is 5.60 Å². The molecule has 0 aliphatic carbocycles. The van der Waals surface area contributed by atoms with Crippen molar-refractivity contribution in [3.8, 4) is 0 Å². The Morgan fingerprint density at radius 2 is 2.06 bits per heavy atom. The van der Waals surface area contributed by atoms with Crippen molar-refractivity contribution in [1.82, 2.24) is 0 Å². The number of ether oxygens (including phenoxy) is 1. The average molecular weight is 234 g/mol. The maximum atomic E-state index is 11.2. The zero-order chi connectivity index (χ0) is 12.0.